The van der Waals surface area contributed by atoms with Gasteiger partial charge in [-0.05, 0) is 31.6 Å². The van der Waals surface area contributed by atoms with Gasteiger partial charge in [0.1, 0.15) is 0 Å². The first-order valence-corrected chi connectivity index (χ1v) is 7.67. The Hall–Kier alpha value is -0.610. The third-order valence-electron chi connectivity index (χ3n) is 4.24. The molecule has 0 bridgehead atoms. The number of hydrogen-bond acceptors (Lipinski definition) is 4. The van der Waals surface area contributed by atoms with E-state index in [2.05, 4.69) is 15.3 Å². The fourth-order valence-electron chi connectivity index (χ4n) is 3.38. The number of piperidine rings is 1. The maximum Gasteiger partial charge on any atom is 0.185 e. The number of rotatable bonds is 2. The molecule has 4 heteroatoms. The molecule has 0 amide bonds. The quantitative estimate of drug-likeness (QED) is 0.879. The molecule has 2 heterocycles. The molecule has 1 aromatic heterocycles. The van der Waals surface area contributed by atoms with Crippen molar-refractivity contribution in [1.29, 1.82) is 0 Å². The lowest BCUT2D eigenvalue weighted by atomic mass is 9.78. The van der Waals surface area contributed by atoms with Crippen LogP contribution < -0.4 is 10.6 Å². The minimum atomic E-state index is 0.568. The van der Waals surface area contributed by atoms with Gasteiger partial charge < -0.3 is 10.6 Å². The van der Waals surface area contributed by atoms with Gasteiger partial charge in [-0.3, -0.25) is 0 Å². The highest BCUT2D eigenvalue weighted by atomic mass is 32.1. The van der Waals surface area contributed by atoms with Crippen molar-refractivity contribution >= 4 is 16.5 Å². The van der Waals surface area contributed by atoms with Crippen LogP contribution in [0.2, 0.25) is 0 Å². The van der Waals surface area contributed by atoms with Crippen molar-refractivity contribution in [1.82, 2.24) is 4.98 Å². The zero-order valence-corrected chi connectivity index (χ0v) is 11.1. The van der Waals surface area contributed by atoms with E-state index in [1.54, 1.807) is 11.3 Å². The maximum absolute atomic E-state index is 5.65. The second-order valence-electron chi connectivity index (χ2n) is 5.27. The van der Waals surface area contributed by atoms with E-state index in [4.69, 9.17) is 5.73 Å². The summed E-state index contributed by atoms with van der Waals surface area (Å²) in [5, 5.41) is 3.32. The highest BCUT2D eigenvalue weighted by Crippen LogP contribution is 2.38. The van der Waals surface area contributed by atoms with Gasteiger partial charge in [-0.15, -0.1) is 11.3 Å². The van der Waals surface area contributed by atoms with E-state index >= 15 is 0 Å². The minimum Gasteiger partial charge on any atom is -0.345 e. The summed E-state index contributed by atoms with van der Waals surface area (Å²) < 4.78 is 0. The predicted molar refractivity (Wildman–Crippen MR) is 72.3 cm³/mol. The summed E-state index contributed by atoms with van der Waals surface area (Å²) in [6, 6.07) is 0.759. The van der Waals surface area contributed by atoms with E-state index in [0.717, 1.165) is 17.7 Å². The molecule has 17 heavy (non-hydrogen) atoms. The normalized spacial score (nSPS) is 29.1. The summed E-state index contributed by atoms with van der Waals surface area (Å²) in [7, 11) is 0. The Morgan fingerprint density at radius 3 is 2.94 bits per heavy atom. The fraction of sp³-hybridized carbons (Fsp3) is 0.769. The van der Waals surface area contributed by atoms with Crippen LogP contribution in [-0.2, 0) is 6.54 Å². The molecule has 2 aliphatic rings. The maximum atomic E-state index is 5.65. The lowest BCUT2D eigenvalue weighted by Crippen LogP contribution is -2.46. The van der Waals surface area contributed by atoms with Crippen LogP contribution in [0.4, 0.5) is 5.13 Å². The molecule has 0 radical (unpaired) electrons. The van der Waals surface area contributed by atoms with Gasteiger partial charge in [0.2, 0.25) is 0 Å². The Morgan fingerprint density at radius 2 is 2.12 bits per heavy atom. The van der Waals surface area contributed by atoms with Gasteiger partial charge in [0.25, 0.3) is 0 Å². The Labute approximate surface area is 107 Å². The van der Waals surface area contributed by atoms with E-state index in [9.17, 15) is 0 Å². The third-order valence-corrected chi connectivity index (χ3v) is 5.16. The minimum absolute atomic E-state index is 0.568. The van der Waals surface area contributed by atoms with Gasteiger partial charge >= 0.3 is 0 Å². The Kier molecular flexibility index (Phi) is 3.34. The van der Waals surface area contributed by atoms with E-state index < -0.39 is 0 Å². The number of hydrogen-bond donors (Lipinski definition) is 1. The summed E-state index contributed by atoms with van der Waals surface area (Å²) in [5.41, 5.74) is 6.69. The van der Waals surface area contributed by atoms with Crippen LogP contribution in [0.15, 0.2) is 5.38 Å². The van der Waals surface area contributed by atoms with E-state index in [0.29, 0.717) is 6.54 Å². The molecular weight excluding hydrogens is 230 g/mol. The fourth-order valence-corrected chi connectivity index (χ4v) is 4.31. The molecule has 2 atom stereocenters. The highest BCUT2D eigenvalue weighted by Gasteiger charge is 2.34. The van der Waals surface area contributed by atoms with Crippen molar-refractivity contribution in [3.63, 3.8) is 0 Å². The molecular formula is C13H21N3S. The van der Waals surface area contributed by atoms with Crippen molar-refractivity contribution in [2.45, 2.75) is 51.1 Å². The van der Waals surface area contributed by atoms with Crippen LogP contribution in [0.5, 0.6) is 0 Å². The number of nitrogens with two attached hydrogens (primary N) is 1. The van der Waals surface area contributed by atoms with Crippen molar-refractivity contribution in [3.05, 3.63) is 11.1 Å². The number of anilines is 1. The Morgan fingerprint density at radius 1 is 1.29 bits per heavy atom. The van der Waals surface area contributed by atoms with Crippen molar-refractivity contribution in [3.8, 4) is 0 Å². The number of aromatic nitrogens is 1. The van der Waals surface area contributed by atoms with E-state index in [-0.39, 0.29) is 0 Å². The van der Waals surface area contributed by atoms with Crippen LogP contribution in [-0.4, -0.2) is 17.6 Å². The molecule has 0 aromatic carbocycles. The largest absolute Gasteiger partial charge is 0.345 e. The number of nitrogens with zero attached hydrogens (tertiary/aromatic N) is 2. The van der Waals surface area contributed by atoms with Gasteiger partial charge in [-0.2, -0.15) is 0 Å². The monoisotopic (exact) mass is 251 g/mol. The summed E-state index contributed by atoms with van der Waals surface area (Å²) in [5.74, 6) is 0.919. The summed E-state index contributed by atoms with van der Waals surface area (Å²) in [4.78, 5) is 7.23. The van der Waals surface area contributed by atoms with Gasteiger partial charge in [-0.1, -0.05) is 12.8 Å². The molecule has 2 unspecified atom stereocenters. The number of thiazole rings is 1. The molecule has 2 fully saturated rings. The standard InChI is InChI=1S/C13H21N3S/c14-8-11-9-17-13(15-11)16-7-3-5-10-4-1-2-6-12(10)16/h9-10,12H,1-8,14H2. The Balaban J connectivity index is 1.80. The second kappa shape index (κ2) is 4.94. The summed E-state index contributed by atoms with van der Waals surface area (Å²) in [6.07, 6.45) is 8.38. The first-order valence-electron chi connectivity index (χ1n) is 6.79. The first-order chi connectivity index (χ1) is 8.38. The lowest BCUT2D eigenvalue weighted by Gasteiger charge is -2.44. The van der Waals surface area contributed by atoms with Gasteiger partial charge in [0, 0.05) is 24.5 Å². The molecule has 3 nitrogen and oxygen atoms in total. The molecule has 1 aromatic rings. The van der Waals surface area contributed by atoms with Crippen LogP contribution in [0.3, 0.4) is 0 Å². The highest BCUT2D eigenvalue weighted by molar-refractivity contribution is 7.13. The van der Waals surface area contributed by atoms with Gasteiger partial charge in [-0.25, -0.2) is 4.98 Å². The first kappa shape index (κ1) is 11.5. The average Bonchev–Trinajstić information content (AvgIpc) is 2.87. The zero-order chi connectivity index (χ0) is 11.7. The Bertz CT molecular complexity index is 374. The van der Waals surface area contributed by atoms with Crippen molar-refractivity contribution < 1.29 is 0 Å². The van der Waals surface area contributed by atoms with E-state index in [1.807, 2.05) is 0 Å². The second-order valence-corrected chi connectivity index (χ2v) is 6.11. The van der Waals surface area contributed by atoms with Crippen molar-refractivity contribution in [2.24, 2.45) is 11.7 Å². The molecule has 3 rings (SSSR count). The predicted octanol–water partition coefficient (Wildman–Crippen LogP) is 2.76. The smallest absolute Gasteiger partial charge is 0.185 e. The van der Waals surface area contributed by atoms with Gasteiger partial charge in [0.05, 0.1) is 5.69 Å². The lowest BCUT2D eigenvalue weighted by molar-refractivity contribution is 0.243. The van der Waals surface area contributed by atoms with Crippen LogP contribution in [0.25, 0.3) is 0 Å². The molecule has 1 aliphatic carbocycles. The van der Waals surface area contributed by atoms with E-state index in [1.165, 1.54) is 50.2 Å². The average molecular weight is 251 g/mol. The molecule has 2 N–H and O–H groups in total. The van der Waals surface area contributed by atoms with Gasteiger partial charge in [0.15, 0.2) is 5.13 Å². The molecule has 0 spiro atoms. The molecule has 94 valence electrons. The van der Waals surface area contributed by atoms with Crippen LogP contribution >= 0.6 is 11.3 Å². The summed E-state index contributed by atoms with van der Waals surface area (Å²) in [6.45, 7) is 1.76. The van der Waals surface area contributed by atoms with Crippen LogP contribution in [0.1, 0.15) is 44.2 Å². The zero-order valence-electron chi connectivity index (χ0n) is 10.3. The molecule has 1 saturated carbocycles. The number of fused-ring (bicyclic) bond motifs is 1. The van der Waals surface area contributed by atoms with Crippen LogP contribution in [0, 0.1) is 5.92 Å². The molecule has 1 saturated heterocycles. The molecule has 1 aliphatic heterocycles. The topological polar surface area (TPSA) is 42.1 Å². The third kappa shape index (κ3) is 2.20. The van der Waals surface area contributed by atoms with Crippen molar-refractivity contribution in [2.75, 3.05) is 11.4 Å². The SMILES string of the molecule is NCc1csc(N2CCCC3CCCCC32)n1. The summed E-state index contributed by atoms with van der Waals surface area (Å²) >= 11 is 1.77.